The minimum Gasteiger partial charge on any atom is -0.490 e. The first-order valence-electron chi connectivity index (χ1n) is 6.53. The molecule has 0 aliphatic carbocycles. The standard InChI is InChI=1S/C16H12BrClN2O2/c1-9-6-10(11-4-3-5-12(17)15(11)18)7-14-19-8-13(22-2)16(21)20(9)14/h3-8H,1-2H3. The van der Waals surface area contributed by atoms with Crippen LogP contribution < -0.4 is 10.3 Å². The van der Waals surface area contributed by atoms with E-state index in [4.69, 9.17) is 16.3 Å². The van der Waals surface area contributed by atoms with Gasteiger partial charge in [-0.05, 0) is 46.6 Å². The van der Waals surface area contributed by atoms with Gasteiger partial charge in [0.15, 0.2) is 0 Å². The molecule has 0 N–H and O–H groups in total. The number of hydrogen-bond acceptors (Lipinski definition) is 3. The van der Waals surface area contributed by atoms with E-state index < -0.39 is 0 Å². The van der Waals surface area contributed by atoms with E-state index in [0.717, 1.165) is 21.3 Å². The first-order chi connectivity index (χ1) is 10.5. The molecule has 2 aromatic heterocycles. The van der Waals surface area contributed by atoms with Gasteiger partial charge in [-0.1, -0.05) is 23.7 Å². The molecule has 0 saturated carbocycles. The molecule has 0 atom stereocenters. The van der Waals surface area contributed by atoms with Gasteiger partial charge in [-0.25, -0.2) is 4.98 Å². The van der Waals surface area contributed by atoms with Crippen LogP contribution in [0.2, 0.25) is 5.02 Å². The Morgan fingerprint density at radius 1 is 1.32 bits per heavy atom. The van der Waals surface area contributed by atoms with Crippen molar-refractivity contribution in [1.82, 2.24) is 9.38 Å². The monoisotopic (exact) mass is 378 g/mol. The Labute approximate surface area is 140 Å². The lowest BCUT2D eigenvalue weighted by Crippen LogP contribution is -2.18. The van der Waals surface area contributed by atoms with E-state index in [1.165, 1.54) is 17.7 Å². The zero-order valence-electron chi connectivity index (χ0n) is 11.9. The summed E-state index contributed by atoms with van der Waals surface area (Å²) >= 11 is 9.78. The smallest absolute Gasteiger partial charge is 0.300 e. The summed E-state index contributed by atoms with van der Waals surface area (Å²) in [5.41, 5.74) is 2.88. The molecule has 0 aliphatic rings. The summed E-state index contributed by atoms with van der Waals surface area (Å²) in [6.07, 6.45) is 1.43. The molecule has 22 heavy (non-hydrogen) atoms. The largest absolute Gasteiger partial charge is 0.490 e. The third-order valence-corrected chi connectivity index (χ3v) is 4.74. The predicted octanol–water partition coefficient (Wildman–Crippen LogP) is 4.09. The molecule has 2 heterocycles. The number of pyridine rings is 1. The summed E-state index contributed by atoms with van der Waals surface area (Å²) in [4.78, 5) is 16.6. The Balaban J connectivity index is 2.31. The van der Waals surface area contributed by atoms with Crippen molar-refractivity contribution in [2.24, 2.45) is 0 Å². The SMILES string of the molecule is COc1cnc2cc(-c3cccc(Br)c3Cl)cc(C)n2c1=O. The minimum absolute atomic E-state index is 0.217. The van der Waals surface area contributed by atoms with E-state index in [0.29, 0.717) is 10.7 Å². The van der Waals surface area contributed by atoms with Crippen LogP contribution in [0.1, 0.15) is 5.69 Å². The molecule has 4 nitrogen and oxygen atoms in total. The van der Waals surface area contributed by atoms with Gasteiger partial charge < -0.3 is 4.74 Å². The number of benzene rings is 1. The number of aromatic nitrogens is 2. The van der Waals surface area contributed by atoms with Gasteiger partial charge >= 0.3 is 0 Å². The van der Waals surface area contributed by atoms with Crippen LogP contribution in [0.3, 0.4) is 0 Å². The molecule has 3 aromatic rings. The number of hydrogen-bond donors (Lipinski definition) is 0. The first-order valence-corrected chi connectivity index (χ1v) is 7.71. The average molecular weight is 380 g/mol. The van der Waals surface area contributed by atoms with Gasteiger partial charge in [0.05, 0.1) is 18.3 Å². The average Bonchev–Trinajstić information content (AvgIpc) is 2.50. The normalized spacial score (nSPS) is 10.9. The van der Waals surface area contributed by atoms with Crippen molar-refractivity contribution < 1.29 is 4.74 Å². The van der Waals surface area contributed by atoms with E-state index in [-0.39, 0.29) is 11.3 Å². The van der Waals surface area contributed by atoms with Crippen molar-refractivity contribution in [3.63, 3.8) is 0 Å². The third-order valence-electron chi connectivity index (χ3n) is 3.44. The molecule has 0 bridgehead atoms. The summed E-state index contributed by atoms with van der Waals surface area (Å²) < 4.78 is 7.38. The van der Waals surface area contributed by atoms with Gasteiger partial charge in [-0.15, -0.1) is 0 Å². The molecule has 0 spiro atoms. The zero-order valence-corrected chi connectivity index (χ0v) is 14.3. The number of methoxy groups -OCH3 is 1. The van der Waals surface area contributed by atoms with Crippen molar-refractivity contribution in [3.05, 3.63) is 62.1 Å². The number of rotatable bonds is 2. The molecule has 0 unspecified atom stereocenters. The zero-order chi connectivity index (χ0) is 15.9. The Kier molecular flexibility index (Phi) is 3.93. The number of nitrogens with zero attached hydrogens (tertiary/aromatic N) is 2. The van der Waals surface area contributed by atoms with Gasteiger partial charge in [0.1, 0.15) is 5.65 Å². The highest BCUT2D eigenvalue weighted by Crippen LogP contribution is 2.34. The molecule has 0 amide bonds. The van der Waals surface area contributed by atoms with Gasteiger partial charge in [-0.2, -0.15) is 0 Å². The lowest BCUT2D eigenvalue weighted by Gasteiger charge is -2.11. The second-order valence-electron chi connectivity index (χ2n) is 4.81. The summed E-state index contributed by atoms with van der Waals surface area (Å²) in [5, 5.41) is 0.627. The summed E-state index contributed by atoms with van der Waals surface area (Å²) in [6.45, 7) is 1.85. The first kappa shape index (κ1) is 15.1. The topological polar surface area (TPSA) is 43.6 Å². The maximum atomic E-state index is 12.3. The Morgan fingerprint density at radius 3 is 2.82 bits per heavy atom. The number of halogens is 2. The van der Waals surface area contributed by atoms with E-state index in [1.54, 1.807) is 0 Å². The summed E-state index contributed by atoms with van der Waals surface area (Å²) in [7, 11) is 1.45. The van der Waals surface area contributed by atoms with Gasteiger partial charge in [0.2, 0.25) is 5.75 Å². The van der Waals surface area contributed by atoms with Crippen LogP contribution >= 0.6 is 27.5 Å². The second-order valence-corrected chi connectivity index (χ2v) is 6.04. The molecule has 6 heteroatoms. The fourth-order valence-corrected chi connectivity index (χ4v) is 2.99. The van der Waals surface area contributed by atoms with Crippen LogP contribution in [0.25, 0.3) is 16.8 Å². The quantitative estimate of drug-likeness (QED) is 0.673. The van der Waals surface area contributed by atoms with Crippen molar-refractivity contribution >= 4 is 33.2 Å². The summed E-state index contributed by atoms with van der Waals surface area (Å²) in [5.74, 6) is 0.217. The molecular formula is C16H12BrClN2O2. The Morgan fingerprint density at radius 2 is 2.09 bits per heavy atom. The fraction of sp³-hybridized carbons (Fsp3) is 0.125. The van der Waals surface area contributed by atoms with Crippen molar-refractivity contribution in [1.29, 1.82) is 0 Å². The molecule has 1 aromatic carbocycles. The summed E-state index contributed by atoms with van der Waals surface area (Å²) in [6, 6.07) is 9.47. The van der Waals surface area contributed by atoms with Crippen LogP contribution in [0, 0.1) is 6.92 Å². The van der Waals surface area contributed by atoms with Crippen LogP contribution in [0.15, 0.2) is 45.8 Å². The van der Waals surface area contributed by atoms with E-state index in [2.05, 4.69) is 20.9 Å². The number of fused-ring (bicyclic) bond motifs is 1. The molecule has 3 rings (SSSR count). The molecular weight excluding hydrogens is 368 g/mol. The van der Waals surface area contributed by atoms with Crippen molar-refractivity contribution in [2.45, 2.75) is 6.92 Å². The van der Waals surface area contributed by atoms with Crippen LogP contribution in [0.4, 0.5) is 0 Å². The minimum atomic E-state index is -0.225. The number of ether oxygens (including phenoxy) is 1. The van der Waals surface area contributed by atoms with Crippen molar-refractivity contribution in [3.8, 4) is 16.9 Å². The highest BCUT2D eigenvalue weighted by Gasteiger charge is 2.12. The molecule has 0 aliphatic heterocycles. The third kappa shape index (κ3) is 2.40. The maximum absolute atomic E-state index is 12.3. The van der Waals surface area contributed by atoms with Gasteiger partial charge in [0, 0.05) is 15.7 Å². The van der Waals surface area contributed by atoms with E-state index >= 15 is 0 Å². The van der Waals surface area contributed by atoms with Gasteiger partial charge in [-0.3, -0.25) is 9.20 Å². The highest BCUT2D eigenvalue weighted by molar-refractivity contribution is 9.10. The lowest BCUT2D eigenvalue weighted by atomic mass is 10.1. The van der Waals surface area contributed by atoms with E-state index in [1.807, 2.05) is 37.3 Å². The van der Waals surface area contributed by atoms with E-state index in [9.17, 15) is 4.79 Å². The second kappa shape index (κ2) is 5.74. The van der Waals surface area contributed by atoms with Crippen LogP contribution in [-0.2, 0) is 0 Å². The lowest BCUT2D eigenvalue weighted by molar-refractivity contribution is 0.405. The van der Waals surface area contributed by atoms with Crippen LogP contribution in [-0.4, -0.2) is 16.5 Å². The number of aryl methyl sites for hydroxylation is 1. The maximum Gasteiger partial charge on any atom is 0.300 e. The molecule has 0 radical (unpaired) electrons. The van der Waals surface area contributed by atoms with Crippen molar-refractivity contribution in [2.75, 3.05) is 7.11 Å². The fourth-order valence-electron chi connectivity index (χ4n) is 2.39. The molecule has 0 fully saturated rings. The Bertz CT molecular complexity index is 937. The molecule has 0 saturated heterocycles. The van der Waals surface area contributed by atoms with Gasteiger partial charge in [0.25, 0.3) is 5.56 Å². The molecule has 112 valence electrons. The predicted molar refractivity (Wildman–Crippen MR) is 90.9 cm³/mol. The Hall–Kier alpha value is -1.85. The highest BCUT2D eigenvalue weighted by atomic mass is 79.9. The van der Waals surface area contributed by atoms with Crippen LogP contribution in [0.5, 0.6) is 5.75 Å².